The minimum Gasteiger partial charge on any atom is -0.271 e. The smallest absolute Gasteiger partial charge is 0.0772 e. The Morgan fingerprint density at radius 3 is 2.44 bits per heavy atom. The molecule has 92 valence electrons. The maximum Gasteiger partial charge on any atom is 0.0772 e. The van der Waals surface area contributed by atoms with E-state index in [1.54, 1.807) is 18.6 Å². The van der Waals surface area contributed by atoms with Crippen molar-refractivity contribution in [3.8, 4) is 0 Å². The van der Waals surface area contributed by atoms with Crippen LogP contribution in [0, 0.1) is 5.92 Å². The summed E-state index contributed by atoms with van der Waals surface area (Å²) in [5.41, 5.74) is 6.65. The average Bonchev–Trinajstić information content (AvgIpc) is 2.84. The first-order valence-electron chi connectivity index (χ1n) is 6.17. The van der Waals surface area contributed by atoms with Crippen molar-refractivity contribution in [3.05, 3.63) is 59.7 Å². The van der Waals surface area contributed by atoms with Gasteiger partial charge in [0.1, 0.15) is 0 Å². The number of nitrogens with two attached hydrogens (primary N) is 1. The number of hydrogen-bond acceptors (Lipinski definition) is 4. The van der Waals surface area contributed by atoms with E-state index in [2.05, 4.69) is 39.7 Å². The lowest BCUT2D eigenvalue weighted by atomic mass is 9.95. The standard InChI is InChI=1S/C14H16N4/c15-18-14(13-9-16-5-6-17-13)12-7-10-3-1-2-4-11(10)8-12/h1-6,9,12,14,18H,7-8,15H2. The predicted molar refractivity (Wildman–Crippen MR) is 69.4 cm³/mol. The van der Waals surface area contributed by atoms with E-state index in [0.717, 1.165) is 18.5 Å². The van der Waals surface area contributed by atoms with Gasteiger partial charge in [0, 0.05) is 12.4 Å². The van der Waals surface area contributed by atoms with Crippen LogP contribution in [0.15, 0.2) is 42.9 Å². The Kier molecular flexibility index (Phi) is 3.04. The minimum atomic E-state index is 0.0612. The zero-order chi connectivity index (χ0) is 12.4. The summed E-state index contributed by atoms with van der Waals surface area (Å²) in [6.07, 6.45) is 7.26. The zero-order valence-electron chi connectivity index (χ0n) is 10.1. The van der Waals surface area contributed by atoms with Crippen molar-refractivity contribution >= 4 is 0 Å². The molecule has 18 heavy (non-hydrogen) atoms. The maximum absolute atomic E-state index is 5.70. The van der Waals surface area contributed by atoms with Gasteiger partial charge in [0.2, 0.25) is 0 Å². The number of aromatic nitrogens is 2. The van der Waals surface area contributed by atoms with E-state index >= 15 is 0 Å². The quantitative estimate of drug-likeness (QED) is 0.628. The van der Waals surface area contributed by atoms with Gasteiger partial charge in [-0.25, -0.2) is 0 Å². The molecule has 1 aromatic heterocycles. The van der Waals surface area contributed by atoms with Gasteiger partial charge in [-0.05, 0) is 29.9 Å². The SMILES string of the molecule is NNC(c1cnccn1)C1Cc2ccccc2C1. The highest BCUT2D eigenvalue weighted by Crippen LogP contribution is 2.33. The van der Waals surface area contributed by atoms with E-state index in [9.17, 15) is 0 Å². The van der Waals surface area contributed by atoms with Crippen molar-refractivity contribution in [2.75, 3.05) is 0 Å². The Labute approximate surface area is 106 Å². The van der Waals surface area contributed by atoms with Gasteiger partial charge in [-0.2, -0.15) is 0 Å². The number of hydrogen-bond donors (Lipinski definition) is 2. The summed E-state index contributed by atoms with van der Waals surface area (Å²) in [7, 11) is 0. The first-order valence-corrected chi connectivity index (χ1v) is 6.17. The molecular formula is C14H16N4. The van der Waals surface area contributed by atoms with Crippen LogP contribution in [0.5, 0.6) is 0 Å². The van der Waals surface area contributed by atoms with E-state index in [0.29, 0.717) is 5.92 Å². The third kappa shape index (κ3) is 2.00. The lowest BCUT2D eigenvalue weighted by molar-refractivity contribution is 0.371. The Morgan fingerprint density at radius 2 is 1.89 bits per heavy atom. The normalized spacial score (nSPS) is 16.5. The maximum atomic E-state index is 5.70. The molecule has 4 nitrogen and oxygen atoms in total. The van der Waals surface area contributed by atoms with Crippen molar-refractivity contribution in [1.29, 1.82) is 0 Å². The van der Waals surface area contributed by atoms with E-state index in [1.807, 2.05) is 0 Å². The molecule has 0 saturated heterocycles. The number of nitrogens with one attached hydrogen (secondary N) is 1. The average molecular weight is 240 g/mol. The van der Waals surface area contributed by atoms with Crippen molar-refractivity contribution in [2.45, 2.75) is 18.9 Å². The topological polar surface area (TPSA) is 63.8 Å². The molecule has 1 atom stereocenters. The summed E-state index contributed by atoms with van der Waals surface area (Å²) < 4.78 is 0. The molecule has 0 saturated carbocycles. The zero-order valence-corrected chi connectivity index (χ0v) is 10.1. The number of fused-ring (bicyclic) bond motifs is 1. The molecular weight excluding hydrogens is 224 g/mol. The molecule has 1 aliphatic rings. The van der Waals surface area contributed by atoms with Crippen molar-refractivity contribution in [2.24, 2.45) is 11.8 Å². The van der Waals surface area contributed by atoms with Crippen LogP contribution in [-0.2, 0) is 12.8 Å². The second kappa shape index (κ2) is 4.84. The number of rotatable bonds is 3. The predicted octanol–water partition coefficient (Wildman–Crippen LogP) is 1.40. The molecule has 0 radical (unpaired) electrons. The summed E-state index contributed by atoms with van der Waals surface area (Å²) in [4.78, 5) is 8.47. The number of nitrogens with zero attached hydrogens (tertiary/aromatic N) is 2. The highest BCUT2D eigenvalue weighted by molar-refractivity contribution is 5.33. The Bertz CT molecular complexity index is 501. The number of hydrazine groups is 1. The monoisotopic (exact) mass is 240 g/mol. The van der Waals surface area contributed by atoms with Gasteiger partial charge in [0.05, 0.1) is 17.9 Å². The molecule has 3 rings (SSSR count). The fraction of sp³-hybridized carbons (Fsp3) is 0.286. The fourth-order valence-electron chi connectivity index (χ4n) is 2.76. The second-order valence-electron chi connectivity index (χ2n) is 4.71. The second-order valence-corrected chi connectivity index (χ2v) is 4.71. The fourth-order valence-corrected chi connectivity index (χ4v) is 2.76. The molecule has 1 heterocycles. The van der Waals surface area contributed by atoms with Gasteiger partial charge in [-0.1, -0.05) is 24.3 Å². The van der Waals surface area contributed by atoms with Gasteiger partial charge < -0.3 is 0 Å². The lowest BCUT2D eigenvalue weighted by Gasteiger charge is -2.21. The summed E-state index contributed by atoms with van der Waals surface area (Å²) in [5.74, 6) is 6.15. The van der Waals surface area contributed by atoms with E-state index < -0.39 is 0 Å². The molecule has 0 fully saturated rings. The molecule has 0 spiro atoms. The third-order valence-electron chi connectivity index (χ3n) is 3.64. The summed E-state index contributed by atoms with van der Waals surface area (Å²) in [6.45, 7) is 0. The van der Waals surface area contributed by atoms with Gasteiger partial charge in [0.15, 0.2) is 0 Å². The van der Waals surface area contributed by atoms with Crippen LogP contribution in [0.4, 0.5) is 0 Å². The molecule has 1 aliphatic carbocycles. The van der Waals surface area contributed by atoms with E-state index in [1.165, 1.54) is 11.1 Å². The van der Waals surface area contributed by atoms with Gasteiger partial charge in [-0.3, -0.25) is 21.2 Å². The molecule has 0 aliphatic heterocycles. The Balaban J connectivity index is 1.84. The molecule has 4 heteroatoms. The molecule has 0 amide bonds. The third-order valence-corrected chi connectivity index (χ3v) is 3.64. The Morgan fingerprint density at radius 1 is 1.17 bits per heavy atom. The van der Waals surface area contributed by atoms with Gasteiger partial charge in [-0.15, -0.1) is 0 Å². The van der Waals surface area contributed by atoms with Crippen molar-refractivity contribution < 1.29 is 0 Å². The molecule has 1 unspecified atom stereocenters. The summed E-state index contributed by atoms with van der Waals surface area (Å²) in [5, 5.41) is 0. The van der Waals surface area contributed by atoms with Crippen LogP contribution in [0.2, 0.25) is 0 Å². The highest BCUT2D eigenvalue weighted by Gasteiger charge is 2.29. The van der Waals surface area contributed by atoms with E-state index in [4.69, 9.17) is 5.84 Å². The summed E-state index contributed by atoms with van der Waals surface area (Å²) >= 11 is 0. The molecule has 1 aromatic carbocycles. The van der Waals surface area contributed by atoms with Crippen LogP contribution >= 0.6 is 0 Å². The molecule has 2 aromatic rings. The Hall–Kier alpha value is -1.78. The lowest BCUT2D eigenvalue weighted by Crippen LogP contribution is -2.34. The summed E-state index contributed by atoms with van der Waals surface area (Å²) in [6, 6.07) is 8.63. The first kappa shape index (κ1) is 11.3. The first-order chi connectivity index (χ1) is 8.88. The van der Waals surface area contributed by atoms with Gasteiger partial charge in [0.25, 0.3) is 0 Å². The van der Waals surface area contributed by atoms with Crippen molar-refractivity contribution in [1.82, 2.24) is 15.4 Å². The highest BCUT2D eigenvalue weighted by atomic mass is 15.2. The largest absolute Gasteiger partial charge is 0.271 e. The minimum absolute atomic E-state index is 0.0612. The van der Waals surface area contributed by atoms with E-state index in [-0.39, 0.29) is 6.04 Å². The van der Waals surface area contributed by atoms with Crippen LogP contribution in [0.3, 0.4) is 0 Å². The van der Waals surface area contributed by atoms with Crippen LogP contribution in [0.1, 0.15) is 22.9 Å². The van der Waals surface area contributed by atoms with Crippen LogP contribution in [0.25, 0.3) is 0 Å². The van der Waals surface area contributed by atoms with Crippen molar-refractivity contribution in [3.63, 3.8) is 0 Å². The molecule has 0 bridgehead atoms. The van der Waals surface area contributed by atoms with Crippen LogP contribution < -0.4 is 11.3 Å². The van der Waals surface area contributed by atoms with Gasteiger partial charge >= 0.3 is 0 Å². The van der Waals surface area contributed by atoms with Crippen LogP contribution in [-0.4, -0.2) is 9.97 Å². The molecule has 3 N–H and O–H groups in total. The number of benzene rings is 1.